The average Bonchev–Trinajstić information content (AvgIpc) is 3.00. The van der Waals surface area contributed by atoms with E-state index in [-0.39, 0.29) is 60.1 Å². The molecule has 2 aromatic carbocycles. The van der Waals surface area contributed by atoms with Crippen LogP contribution in [-0.4, -0.2) is 125 Å². The van der Waals surface area contributed by atoms with Gasteiger partial charge < -0.3 is 39.9 Å². The fourth-order valence-corrected chi connectivity index (χ4v) is 8.05. The summed E-state index contributed by atoms with van der Waals surface area (Å²) in [4.78, 5) is 61.2. The molecule has 2 aliphatic rings. The zero-order chi connectivity index (χ0) is 36.9. The minimum atomic E-state index is -2.10. The van der Waals surface area contributed by atoms with Gasteiger partial charge in [-0.1, -0.05) is 6.07 Å². The molecule has 0 bridgehead atoms. The number of halogens is 2. The molecule has 0 radical (unpaired) electrons. The van der Waals surface area contributed by atoms with Gasteiger partial charge in [-0.25, -0.2) is 8.78 Å². The first-order chi connectivity index (χ1) is 23.5. The Morgan fingerprint density at radius 3 is 2.04 bits per heavy atom. The summed E-state index contributed by atoms with van der Waals surface area (Å²) in [7, 11) is -2.10. The smallest absolute Gasteiger partial charge is 0.323 e. The molecule has 0 fully saturated rings. The highest BCUT2D eigenvalue weighted by atomic mass is 32.3. The van der Waals surface area contributed by atoms with Crippen LogP contribution in [0.3, 0.4) is 0 Å². The lowest BCUT2D eigenvalue weighted by Gasteiger charge is -2.43. The van der Waals surface area contributed by atoms with E-state index in [1.165, 1.54) is 24.3 Å². The normalized spacial score (nSPS) is 15.4. The molecule has 0 aromatic heterocycles. The van der Waals surface area contributed by atoms with Gasteiger partial charge in [0.25, 0.3) is 0 Å². The number of carbonyl (C=O) groups is 5. The summed E-state index contributed by atoms with van der Waals surface area (Å²) in [6, 6.07) is 6.67. The molecule has 17 heteroatoms. The predicted molar refractivity (Wildman–Crippen MR) is 176 cm³/mol. The highest BCUT2D eigenvalue weighted by Gasteiger charge is 2.38. The summed E-state index contributed by atoms with van der Waals surface area (Å²) in [5.74, 6) is -8.67. The van der Waals surface area contributed by atoms with Gasteiger partial charge in [0.15, 0.2) is 17.4 Å². The Labute approximate surface area is 285 Å². The number of benzene rings is 2. The number of allylic oxidation sites excluding steroid dienone is 4. The lowest BCUT2D eigenvalue weighted by atomic mass is 9.89. The lowest BCUT2D eigenvalue weighted by molar-refractivity contribution is -0.142. The van der Waals surface area contributed by atoms with Gasteiger partial charge in [0, 0.05) is 22.4 Å². The number of carboxylic acids is 4. The number of hydrogen-bond acceptors (Lipinski definition) is 10. The average molecular weight is 721 g/mol. The van der Waals surface area contributed by atoms with Crippen LogP contribution in [0.5, 0.6) is 11.5 Å². The monoisotopic (exact) mass is 720 g/mol. The SMILES string of the molecule is CS1(C)C2=CC(=O)C(F)=CC2=C(c2ccc(OCCOCCN(CC(=O)O)CC(=O)O)c(N(CC(=O)O)CC(=O)O)c2)c2cc(F)c(O)cc21. The number of ketones is 1. The summed E-state index contributed by atoms with van der Waals surface area (Å²) < 4.78 is 41.1. The number of aromatic hydroxyl groups is 1. The molecule has 1 heterocycles. The standard InChI is InChI=1S/C33H34F2N2O12S/c1-50(2)27-12-24(38)21(34)10-19(27)33(20-11-22(35)25(39)13-28(20)50)18-3-4-26(23(9-18)37(16-31(44)45)17-32(46)47)49-8-7-48-6-5-36(14-29(40)41)15-30(42)43/h3-4,9-13,38H,5-8,14-17H2,1-2H3,(H,40,41)(H,42,43)(H,44,45)(H,46,47). The van der Waals surface area contributed by atoms with Crippen LogP contribution in [0.4, 0.5) is 14.5 Å². The number of phenols is 1. The van der Waals surface area contributed by atoms with E-state index in [4.69, 9.17) is 19.7 Å². The van der Waals surface area contributed by atoms with Crippen LogP contribution < -0.4 is 9.64 Å². The lowest BCUT2D eigenvalue weighted by Crippen LogP contribution is -2.37. The number of ether oxygens (including phenoxy) is 2. The third kappa shape index (κ3) is 8.66. The molecule has 0 saturated carbocycles. The number of fused-ring (bicyclic) bond motifs is 2. The number of carboxylic acid groups (broad SMARTS) is 4. The Morgan fingerprint density at radius 2 is 1.44 bits per heavy atom. The maximum Gasteiger partial charge on any atom is 0.323 e. The van der Waals surface area contributed by atoms with Crippen LogP contribution in [0.25, 0.3) is 5.57 Å². The summed E-state index contributed by atoms with van der Waals surface area (Å²) in [5, 5.41) is 47.5. The topological polar surface area (TPSA) is 211 Å². The fraction of sp³-hybridized carbons (Fsp3) is 0.303. The number of phenolic OH excluding ortho intramolecular Hbond substituents is 1. The van der Waals surface area contributed by atoms with Crippen molar-refractivity contribution in [3.8, 4) is 11.5 Å². The molecule has 0 spiro atoms. The fourth-order valence-electron chi connectivity index (χ4n) is 5.58. The van der Waals surface area contributed by atoms with Gasteiger partial charge in [-0.2, -0.15) is 10.0 Å². The van der Waals surface area contributed by atoms with Crippen molar-refractivity contribution < 1.29 is 67.8 Å². The van der Waals surface area contributed by atoms with Gasteiger partial charge in [0.05, 0.1) is 32.0 Å². The Hall–Kier alpha value is -5.26. The van der Waals surface area contributed by atoms with E-state index in [0.29, 0.717) is 9.80 Å². The zero-order valence-corrected chi connectivity index (χ0v) is 27.7. The van der Waals surface area contributed by atoms with Crippen molar-refractivity contribution in [2.45, 2.75) is 4.90 Å². The highest BCUT2D eigenvalue weighted by Crippen LogP contribution is 2.66. The van der Waals surface area contributed by atoms with Crippen molar-refractivity contribution in [1.82, 2.24) is 4.90 Å². The Bertz CT molecular complexity index is 1810. The minimum absolute atomic E-state index is 0.00524. The number of nitrogens with zero attached hydrogens (tertiary/aromatic N) is 2. The number of rotatable bonds is 17. The van der Waals surface area contributed by atoms with E-state index in [1.54, 1.807) is 12.5 Å². The molecule has 0 atom stereocenters. The maximum absolute atomic E-state index is 14.9. The highest BCUT2D eigenvalue weighted by molar-refractivity contribution is 8.36. The van der Waals surface area contributed by atoms with Crippen molar-refractivity contribution in [3.05, 3.63) is 75.7 Å². The molecular formula is C33H34F2N2O12S. The third-order valence-electron chi connectivity index (χ3n) is 7.72. The first-order valence-electron chi connectivity index (χ1n) is 14.8. The first kappa shape index (κ1) is 37.6. The molecule has 0 amide bonds. The summed E-state index contributed by atoms with van der Waals surface area (Å²) in [6.45, 7) is -2.89. The van der Waals surface area contributed by atoms with Crippen molar-refractivity contribution in [2.75, 3.05) is 70.0 Å². The van der Waals surface area contributed by atoms with Gasteiger partial charge in [-0.05, 0) is 65.1 Å². The van der Waals surface area contributed by atoms with E-state index in [1.807, 2.05) is 0 Å². The Morgan fingerprint density at radius 1 is 0.820 bits per heavy atom. The van der Waals surface area contributed by atoms with Gasteiger partial charge in [-0.15, -0.1) is 0 Å². The van der Waals surface area contributed by atoms with E-state index < -0.39 is 83.3 Å². The van der Waals surface area contributed by atoms with Gasteiger partial charge >= 0.3 is 23.9 Å². The minimum Gasteiger partial charge on any atom is -0.505 e. The zero-order valence-electron chi connectivity index (χ0n) is 26.9. The van der Waals surface area contributed by atoms with Crippen LogP contribution in [0.2, 0.25) is 0 Å². The molecule has 5 N–H and O–H groups in total. The summed E-state index contributed by atoms with van der Waals surface area (Å²) >= 11 is 0. The van der Waals surface area contributed by atoms with Crippen molar-refractivity contribution >= 4 is 50.9 Å². The van der Waals surface area contributed by atoms with E-state index in [9.17, 15) is 48.1 Å². The van der Waals surface area contributed by atoms with E-state index >= 15 is 0 Å². The molecule has 2 aromatic rings. The number of carbonyl (C=O) groups excluding carboxylic acids is 1. The van der Waals surface area contributed by atoms with Crippen molar-refractivity contribution in [2.24, 2.45) is 0 Å². The van der Waals surface area contributed by atoms with Crippen LogP contribution in [0.15, 0.2) is 63.7 Å². The maximum atomic E-state index is 14.9. The molecule has 0 unspecified atom stereocenters. The molecule has 0 saturated heterocycles. The van der Waals surface area contributed by atoms with Crippen LogP contribution in [0, 0.1) is 5.82 Å². The Balaban J connectivity index is 1.74. The third-order valence-corrected chi connectivity index (χ3v) is 10.6. The molecule has 1 aliphatic carbocycles. The van der Waals surface area contributed by atoms with Gasteiger partial charge in [-0.3, -0.25) is 28.9 Å². The second-order valence-electron chi connectivity index (χ2n) is 11.6. The predicted octanol–water partition coefficient (Wildman–Crippen LogP) is 2.93. The second kappa shape index (κ2) is 15.5. The molecule has 1 aliphatic heterocycles. The molecule has 50 heavy (non-hydrogen) atoms. The van der Waals surface area contributed by atoms with Crippen molar-refractivity contribution in [1.29, 1.82) is 0 Å². The van der Waals surface area contributed by atoms with Gasteiger partial charge in [0.1, 0.15) is 25.4 Å². The molecule has 4 rings (SSSR count). The van der Waals surface area contributed by atoms with Crippen LogP contribution >= 0.6 is 10.0 Å². The van der Waals surface area contributed by atoms with Gasteiger partial charge in [0.2, 0.25) is 5.78 Å². The Kier molecular flexibility index (Phi) is 11.7. The number of anilines is 1. The largest absolute Gasteiger partial charge is 0.505 e. The summed E-state index contributed by atoms with van der Waals surface area (Å²) in [6.07, 6.45) is 5.80. The van der Waals surface area contributed by atoms with E-state index in [2.05, 4.69) is 0 Å². The quantitative estimate of drug-likeness (QED) is 0.149. The molecular weight excluding hydrogens is 686 g/mol. The molecule has 14 nitrogen and oxygen atoms in total. The van der Waals surface area contributed by atoms with Crippen LogP contribution in [0.1, 0.15) is 11.1 Å². The summed E-state index contributed by atoms with van der Waals surface area (Å²) in [5.41, 5.74) is 1.04. The number of aliphatic carboxylic acids is 4. The second-order valence-corrected chi connectivity index (χ2v) is 15.1. The number of hydrogen-bond donors (Lipinski definition) is 5. The van der Waals surface area contributed by atoms with Crippen LogP contribution in [-0.2, 0) is 28.7 Å². The van der Waals surface area contributed by atoms with E-state index in [0.717, 1.165) is 28.0 Å². The first-order valence-corrected chi connectivity index (χ1v) is 17.3. The van der Waals surface area contributed by atoms with Crippen molar-refractivity contribution in [3.63, 3.8) is 0 Å². The molecule has 268 valence electrons.